The Balaban J connectivity index is 1.59. The summed E-state index contributed by atoms with van der Waals surface area (Å²) in [7, 11) is 3.00. The van der Waals surface area contributed by atoms with Crippen LogP contribution in [0.25, 0.3) is 0 Å². The highest BCUT2D eigenvalue weighted by atomic mass is 16.7. The first-order chi connectivity index (χ1) is 16.1. The van der Waals surface area contributed by atoms with Crippen LogP contribution in [0.1, 0.15) is 30.8 Å². The summed E-state index contributed by atoms with van der Waals surface area (Å²) >= 11 is 0. The topological polar surface area (TPSA) is 72.5 Å². The molecule has 2 saturated heterocycles. The van der Waals surface area contributed by atoms with Crippen LogP contribution in [0.4, 0.5) is 0 Å². The second-order valence-corrected chi connectivity index (χ2v) is 8.54. The van der Waals surface area contributed by atoms with E-state index in [9.17, 15) is 4.79 Å². The van der Waals surface area contributed by atoms with Gasteiger partial charge >= 0.3 is 5.97 Å². The van der Waals surface area contributed by atoms with Crippen LogP contribution in [0.5, 0.6) is 0 Å². The lowest BCUT2D eigenvalue weighted by Crippen LogP contribution is -2.60. The van der Waals surface area contributed by atoms with Gasteiger partial charge in [0.15, 0.2) is 12.6 Å². The zero-order chi connectivity index (χ0) is 23.2. The van der Waals surface area contributed by atoms with Gasteiger partial charge in [-0.05, 0) is 12.0 Å². The minimum Gasteiger partial charge on any atom is -0.469 e. The first-order valence-electron chi connectivity index (χ1n) is 11.3. The van der Waals surface area contributed by atoms with Gasteiger partial charge in [-0.3, -0.25) is 4.79 Å². The van der Waals surface area contributed by atoms with Gasteiger partial charge in [0.1, 0.15) is 12.2 Å². The lowest BCUT2D eigenvalue weighted by Gasteiger charge is -2.49. The van der Waals surface area contributed by atoms with Crippen molar-refractivity contribution in [2.75, 3.05) is 20.8 Å². The summed E-state index contributed by atoms with van der Waals surface area (Å²) in [6.45, 7) is 2.61. The van der Waals surface area contributed by atoms with Crippen LogP contribution in [0.15, 0.2) is 60.7 Å². The Morgan fingerprint density at radius 3 is 2.39 bits per heavy atom. The van der Waals surface area contributed by atoms with Gasteiger partial charge in [0.25, 0.3) is 0 Å². The van der Waals surface area contributed by atoms with Crippen molar-refractivity contribution in [1.82, 2.24) is 0 Å². The normalized spacial score (nSPS) is 30.3. The Morgan fingerprint density at radius 2 is 1.73 bits per heavy atom. The Bertz CT molecular complexity index is 875. The van der Waals surface area contributed by atoms with Crippen molar-refractivity contribution in [3.63, 3.8) is 0 Å². The fourth-order valence-corrected chi connectivity index (χ4v) is 4.58. The summed E-state index contributed by atoms with van der Waals surface area (Å²) in [4.78, 5) is 12.2. The minimum atomic E-state index is -0.556. The van der Waals surface area contributed by atoms with E-state index in [1.165, 1.54) is 7.11 Å². The molecule has 2 aliphatic heterocycles. The van der Waals surface area contributed by atoms with E-state index < -0.39 is 12.6 Å². The van der Waals surface area contributed by atoms with Crippen molar-refractivity contribution >= 4 is 5.97 Å². The van der Waals surface area contributed by atoms with Gasteiger partial charge in [-0.1, -0.05) is 67.6 Å². The predicted molar refractivity (Wildman–Crippen MR) is 120 cm³/mol. The molecule has 33 heavy (non-hydrogen) atoms. The molecule has 7 atom stereocenters. The van der Waals surface area contributed by atoms with Crippen LogP contribution in [-0.2, 0) is 39.8 Å². The average Bonchev–Trinajstić information content (AvgIpc) is 2.87. The zero-order valence-corrected chi connectivity index (χ0v) is 19.3. The Kier molecular flexibility index (Phi) is 8.11. The van der Waals surface area contributed by atoms with Crippen LogP contribution in [0, 0.1) is 11.8 Å². The lowest BCUT2D eigenvalue weighted by atomic mass is 9.83. The molecule has 2 heterocycles. The molecule has 7 heteroatoms. The molecule has 7 nitrogen and oxygen atoms in total. The molecular formula is C26H32O7. The van der Waals surface area contributed by atoms with Gasteiger partial charge in [-0.25, -0.2) is 0 Å². The smallest absolute Gasteiger partial charge is 0.308 e. The number of carbonyl (C=O) groups is 1. The number of methoxy groups -OCH3 is 2. The molecule has 0 bridgehead atoms. The van der Waals surface area contributed by atoms with Crippen LogP contribution < -0.4 is 0 Å². The number of carbonyl (C=O) groups excluding carboxylic acids is 1. The monoisotopic (exact) mass is 456 g/mol. The summed E-state index contributed by atoms with van der Waals surface area (Å²) in [5.41, 5.74) is 1.99. The van der Waals surface area contributed by atoms with Gasteiger partial charge in [0.05, 0.1) is 32.3 Å². The van der Waals surface area contributed by atoms with Gasteiger partial charge in [0, 0.05) is 18.6 Å². The molecule has 4 rings (SSSR count). The van der Waals surface area contributed by atoms with E-state index in [4.69, 9.17) is 28.4 Å². The molecule has 2 aromatic rings. The summed E-state index contributed by atoms with van der Waals surface area (Å²) < 4.78 is 35.8. The third-order valence-corrected chi connectivity index (χ3v) is 6.28. The van der Waals surface area contributed by atoms with Crippen molar-refractivity contribution in [3.05, 3.63) is 71.8 Å². The molecule has 178 valence electrons. The van der Waals surface area contributed by atoms with Crippen molar-refractivity contribution in [2.24, 2.45) is 11.8 Å². The number of ether oxygens (including phenoxy) is 6. The van der Waals surface area contributed by atoms with E-state index in [0.29, 0.717) is 19.6 Å². The van der Waals surface area contributed by atoms with Gasteiger partial charge < -0.3 is 28.4 Å². The fraction of sp³-hybridized carbons (Fsp3) is 0.500. The third kappa shape index (κ3) is 5.62. The molecule has 0 N–H and O–H groups in total. The van der Waals surface area contributed by atoms with E-state index in [0.717, 1.165) is 11.1 Å². The summed E-state index contributed by atoms with van der Waals surface area (Å²) in [5, 5.41) is 0. The van der Waals surface area contributed by atoms with Crippen molar-refractivity contribution in [2.45, 2.75) is 50.8 Å². The number of esters is 1. The molecule has 0 aromatic heterocycles. The van der Waals surface area contributed by atoms with E-state index in [2.05, 4.69) is 0 Å². The Hall–Kier alpha value is -2.29. The highest BCUT2D eigenvalue weighted by molar-refractivity contribution is 5.71. The van der Waals surface area contributed by atoms with Crippen molar-refractivity contribution < 1.29 is 33.2 Å². The summed E-state index contributed by atoms with van der Waals surface area (Å²) in [5.74, 6) is -0.849. The van der Waals surface area contributed by atoms with E-state index >= 15 is 0 Å². The third-order valence-electron chi connectivity index (χ3n) is 6.28. The summed E-state index contributed by atoms with van der Waals surface area (Å²) in [6, 6.07) is 19.8. The van der Waals surface area contributed by atoms with Crippen LogP contribution >= 0.6 is 0 Å². The molecule has 2 fully saturated rings. The van der Waals surface area contributed by atoms with Gasteiger partial charge in [0.2, 0.25) is 0 Å². The molecule has 0 radical (unpaired) electrons. The predicted octanol–water partition coefficient (Wildman–Crippen LogP) is 3.87. The maximum atomic E-state index is 12.2. The maximum Gasteiger partial charge on any atom is 0.308 e. The number of benzene rings is 2. The van der Waals surface area contributed by atoms with Gasteiger partial charge in [-0.15, -0.1) is 0 Å². The first kappa shape index (κ1) is 23.9. The van der Waals surface area contributed by atoms with Crippen LogP contribution in [0.3, 0.4) is 0 Å². The number of hydrogen-bond donors (Lipinski definition) is 0. The van der Waals surface area contributed by atoms with Crippen LogP contribution in [-0.4, -0.2) is 51.4 Å². The highest BCUT2D eigenvalue weighted by Gasteiger charge is 2.51. The average molecular weight is 457 g/mol. The molecule has 1 unspecified atom stereocenters. The molecule has 0 amide bonds. The molecule has 2 aromatic carbocycles. The lowest BCUT2D eigenvalue weighted by molar-refractivity contribution is -0.357. The van der Waals surface area contributed by atoms with Gasteiger partial charge in [-0.2, -0.15) is 0 Å². The molecule has 0 aliphatic carbocycles. The largest absolute Gasteiger partial charge is 0.469 e. The summed E-state index contributed by atoms with van der Waals surface area (Å²) in [6.07, 6.45) is -1.68. The Morgan fingerprint density at radius 1 is 1.03 bits per heavy atom. The van der Waals surface area contributed by atoms with E-state index in [-0.39, 0.29) is 36.1 Å². The Labute approximate surface area is 194 Å². The minimum absolute atomic E-state index is 0.233. The first-order valence-corrected chi connectivity index (χ1v) is 11.3. The number of hydrogen-bond acceptors (Lipinski definition) is 7. The molecular weight excluding hydrogens is 424 g/mol. The number of rotatable bonds is 8. The maximum absolute atomic E-state index is 12.2. The second-order valence-electron chi connectivity index (χ2n) is 8.54. The molecule has 2 aliphatic rings. The number of fused-ring (bicyclic) bond motifs is 1. The van der Waals surface area contributed by atoms with E-state index in [1.54, 1.807) is 7.11 Å². The van der Waals surface area contributed by atoms with Crippen molar-refractivity contribution in [1.29, 1.82) is 0 Å². The standard InChI is InChI=1S/C26H32O7/c1-17(24(27)28-2)14-20-22(30-15-18-10-6-4-7-11-18)23-21(32-26(20)29-3)16-31-25(33-23)19-12-8-5-9-13-19/h4-13,17,20-23,25-26H,14-16H2,1-3H3/t17?,20-,21+,22-,23+,25+,26-/m0/s1. The SMILES string of the molecule is COC(=O)C(C)C[C@@H]1[C@@H](OC)O[C@@H]2CO[C@@H](c3ccccc3)O[C@H]2[C@H]1OCc1ccccc1. The second kappa shape index (κ2) is 11.2. The van der Waals surface area contributed by atoms with Crippen LogP contribution in [0.2, 0.25) is 0 Å². The fourth-order valence-electron chi connectivity index (χ4n) is 4.58. The molecule has 0 spiro atoms. The quantitative estimate of drug-likeness (QED) is 0.559. The zero-order valence-electron chi connectivity index (χ0n) is 19.3. The molecule has 0 saturated carbocycles. The highest BCUT2D eigenvalue weighted by Crippen LogP contribution is 2.40. The van der Waals surface area contributed by atoms with Crippen molar-refractivity contribution in [3.8, 4) is 0 Å². The van der Waals surface area contributed by atoms with E-state index in [1.807, 2.05) is 67.6 Å².